The highest BCUT2D eigenvalue weighted by Crippen LogP contribution is 2.21. The number of nitrogens with zero attached hydrogens (tertiary/aromatic N) is 1. The Morgan fingerprint density at radius 3 is 2.18 bits per heavy atom. The van der Waals surface area contributed by atoms with Crippen molar-refractivity contribution in [3.05, 3.63) is 0 Å². The predicted molar refractivity (Wildman–Crippen MR) is 88.6 cm³/mol. The Morgan fingerprint density at radius 1 is 1.23 bits per heavy atom. The molecule has 1 heterocycles. The van der Waals surface area contributed by atoms with E-state index in [4.69, 9.17) is 0 Å². The lowest BCUT2D eigenvalue weighted by atomic mass is 9.91. The normalized spacial score (nSPS) is 25.5. The molecule has 1 aliphatic heterocycles. The van der Waals surface area contributed by atoms with Crippen LogP contribution in [0.3, 0.4) is 0 Å². The Labute approximate surface area is 135 Å². The first kappa shape index (κ1) is 18.9. The van der Waals surface area contributed by atoms with Crippen LogP contribution in [0.15, 0.2) is 0 Å². The van der Waals surface area contributed by atoms with Gasteiger partial charge in [-0.25, -0.2) is 0 Å². The van der Waals surface area contributed by atoms with E-state index < -0.39 is 0 Å². The number of piperidine rings is 1. The number of likely N-dealkylation sites (tertiary alicyclic amines) is 1. The summed E-state index contributed by atoms with van der Waals surface area (Å²) in [6.45, 7) is 14.2. The third kappa shape index (κ3) is 5.95. The molecule has 0 aromatic heterocycles. The lowest BCUT2D eigenvalue weighted by Gasteiger charge is -2.37. The molecule has 2 N–H and O–H groups in total. The third-order valence-electron chi connectivity index (χ3n) is 4.24. The van der Waals surface area contributed by atoms with Crippen LogP contribution < -0.4 is 10.2 Å². The van der Waals surface area contributed by atoms with Crippen LogP contribution in [0, 0.1) is 11.8 Å². The van der Waals surface area contributed by atoms with Crippen molar-refractivity contribution in [1.82, 2.24) is 10.2 Å². The van der Waals surface area contributed by atoms with E-state index in [1.807, 2.05) is 39.6 Å². The number of hydrogen-bond acceptors (Lipinski definition) is 2. The molecule has 5 nitrogen and oxygen atoms in total. The minimum atomic E-state index is -0.234. The van der Waals surface area contributed by atoms with Crippen LogP contribution in [0.2, 0.25) is 0 Å². The second-order valence-electron chi connectivity index (χ2n) is 8.23. The van der Waals surface area contributed by atoms with Crippen molar-refractivity contribution in [3.8, 4) is 0 Å². The van der Waals surface area contributed by atoms with E-state index in [1.54, 1.807) is 0 Å². The first-order chi connectivity index (χ1) is 9.99. The molecule has 128 valence electrons. The fourth-order valence-electron chi connectivity index (χ4n) is 3.20. The third-order valence-corrected chi connectivity index (χ3v) is 4.24. The maximum Gasteiger partial charge on any atom is 0.280 e. The molecule has 4 atom stereocenters. The van der Waals surface area contributed by atoms with Gasteiger partial charge in [0.15, 0.2) is 12.6 Å². The second-order valence-corrected chi connectivity index (χ2v) is 8.23. The number of carbonyl (C=O) groups excluding carboxylic acids is 2. The Balaban J connectivity index is 2.56. The van der Waals surface area contributed by atoms with Gasteiger partial charge >= 0.3 is 0 Å². The summed E-state index contributed by atoms with van der Waals surface area (Å²) in [6.07, 6.45) is 1.19. The standard InChI is InChI=1S/C17H33N3O2/c1-12-8-13(2)10-20(9-12)16(22)14(3)19(7)11-15(21)18-17(4,5)6/h12-14H,8-11H2,1-7H3,(H,18,21)/p+1/t12-,13+,14-/m1/s1. The SMILES string of the molecule is C[C@@H]1C[C@H](C)CN(C(=O)[C@@H](C)[NH+](C)CC(=O)NC(C)(C)C)C1. The number of hydrogen-bond donors (Lipinski definition) is 2. The Kier molecular flexibility index (Phi) is 6.41. The van der Waals surface area contributed by atoms with Gasteiger partial charge in [-0.1, -0.05) is 13.8 Å². The van der Waals surface area contributed by atoms with Crippen molar-refractivity contribution >= 4 is 11.8 Å². The van der Waals surface area contributed by atoms with Crippen LogP contribution >= 0.6 is 0 Å². The molecule has 1 rings (SSSR count). The second kappa shape index (κ2) is 7.44. The van der Waals surface area contributed by atoms with Gasteiger partial charge in [-0.3, -0.25) is 9.59 Å². The van der Waals surface area contributed by atoms with E-state index in [0.29, 0.717) is 18.4 Å². The average Bonchev–Trinajstić information content (AvgIpc) is 2.33. The maximum absolute atomic E-state index is 12.7. The van der Waals surface area contributed by atoms with Gasteiger partial charge < -0.3 is 15.1 Å². The van der Waals surface area contributed by atoms with Gasteiger partial charge in [0.1, 0.15) is 0 Å². The van der Waals surface area contributed by atoms with E-state index >= 15 is 0 Å². The first-order valence-corrected chi connectivity index (χ1v) is 8.41. The fourth-order valence-corrected chi connectivity index (χ4v) is 3.20. The van der Waals surface area contributed by atoms with Crippen molar-refractivity contribution < 1.29 is 14.5 Å². The summed E-state index contributed by atoms with van der Waals surface area (Å²) in [7, 11) is 1.92. The minimum absolute atomic E-state index is 0.00923. The van der Waals surface area contributed by atoms with Crippen LogP contribution in [-0.4, -0.2) is 55.0 Å². The lowest BCUT2D eigenvalue weighted by Crippen LogP contribution is -3.15. The van der Waals surface area contributed by atoms with E-state index in [9.17, 15) is 9.59 Å². The van der Waals surface area contributed by atoms with Crippen molar-refractivity contribution in [2.75, 3.05) is 26.7 Å². The monoisotopic (exact) mass is 312 g/mol. The zero-order valence-electron chi connectivity index (χ0n) is 15.3. The van der Waals surface area contributed by atoms with Gasteiger partial charge in [0.2, 0.25) is 0 Å². The van der Waals surface area contributed by atoms with Crippen LogP contribution in [-0.2, 0) is 9.59 Å². The summed E-state index contributed by atoms with van der Waals surface area (Å²) in [5, 5.41) is 2.95. The van der Waals surface area contributed by atoms with Crippen molar-refractivity contribution in [3.63, 3.8) is 0 Å². The molecule has 0 spiro atoms. The van der Waals surface area contributed by atoms with E-state index in [-0.39, 0.29) is 23.4 Å². The molecular weight excluding hydrogens is 278 g/mol. The Bertz CT molecular complexity index is 393. The molecule has 2 amide bonds. The number of amides is 2. The predicted octanol–water partition coefficient (Wildman–Crippen LogP) is 0.309. The molecule has 0 aliphatic carbocycles. The van der Waals surface area contributed by atoms with E-state index in [0.717, 1.165) is 18.0 Å². The van der Waals surface area contributed by atoms with Gasteiger partial charge in [0.25, 0.3) is 11.8 Å². The topological polar surface area (TPSA) is 53.9 Å². The molecule has 22 heavy (non-hydrogen) atoms. The molecule has 0 aromatic carbocycles. The summed E-state index contributed by atoms with van der Waals surface area (Å²) in [5.41, 5.74) is -0.234. The number of nitrogens with one attached hydrogen (secondary N) is 2. The van der Waals surface area contributed by atoms with E-state index in [1.165, 1.54) is 6.42 Å². The van der Waals surface area contributed by atoms with Gasteiger partial charge in [-0.15, -0.1) is 0 Å². The van der Waals surface area contributed by atoms with E-state index in [2.05, 4.69) is 19.2 Å². The Hall–Kier alpha value is -1.10. The fraction of sp³-hybridized carbons (Fsp3) is 0.882. The molecule has 0 radical (unpaired) electrons. The minimum Gasteiger partial charge on any atom is -0.347 e. The number of quaternary nitrogens is 1. The van der Waals surface area contributed by atoms with Crippen LogP contribution in [0.25, 0.3) is 0 Å². The van der Waals surface area contributed by atoms with Gasteiger partial charge in [-0.05, 0) is 46.0 Å². The van der Waals surface area contributed by atoms with Crippen molar-refractivity contribution in [2.24, 2.45) is 11.8 Å². The number of carbonyl (C=O) groups is 2. The summed E-state index contributed by atoms with van der Waals surface area (Å²) >= 11 is 0. The number of likely N-dealkylation sites (N-methyl/N-ethyl adjacent to an activating group) is 1. The Morgan fingerprint density at radius 2 is 1.73 bits per heavy atom. The molecule has 5 heteroatoms. The zero-order chi connectivity index (χ0) is 17.1. The molecule has 1 fully saturated rings. The van der Waals surface area contributed by atoms with Crippen LogP contribution in [0.5, 0.6) is 0 Å². The summed E-state index contributed by atoms with van der Waals surface area (Å²) in [6, 6.07) is -0.191. The molecule has 1 unspecified atom stereocenters. The smallest absolute Gasteiger partial charge is 0.280 e. The number of rotatable bonds is 4. The van der Waals surface area contributed by atoms with Crippen LogP contribution in [0.4, 0.5) is 0 Å². The van der Waals surface area contributed by atoms with Gasteiger partial charge in [0.05, 0.1) is 7.05 Å². The van der Waals surface area contributed by atoms with Crippen molar-refractivity contribution in [1.29, 1.82) is 0 Å². The zero-order valence-corrected chi connectivity index (χ0v) is 15.3. The molecule has 1 saturated heterocycles. The molecule has 0 bridgehead atoms. The molecule has 0 saturated carbocycles. The molecule has 1 aliphatic rings. The average molecular weight is 312 g/mol. The maximum atomic E-state index is 12.7. The highest BCUT2D eigenvalue weighted by molar-refractivity contribution is 5.81. The first-order valence-electron chi connectivity index (χ1n) is 8.41. The van der Waals surface area contributed by atoms with Gasteiger partial charge in [0, 0.05) is 18.6 Å². The highest BCUT2D eigenvalue weighted by Gasteiger charge is 2.32. The molecule has 0 aromatic rings. The van der Waals surface area contributed by atoms with Crippen molar-refractivity contribution in [2.45, 2.75) is 59.5 Å². The largest absolute Gasteiger partial charge is 0.347 e. The highest BCUT2D eigenvalue weighted by atomic mass is 16.2. The molecular formula is C17H34N3O2+. The summed E-state index contributed by atoms with van der Waals surface area (Å²) in [4.78, 5) is 27.6. The quantitative estimate of drug-likeness (QED) is 0.785. The lowest BCUT2D eigenvalue weighted by molar-refractivity contribution is -0.886. The van der Waals surface area contributed by atoms with Crippen LogP contribution in [0.1, 0.15) is 48.0 Å². The van der Waals surface area contributed by atoms with Gasteiger partial charge in [-0.2, -0.15) is 0 Å². The summed E-state index contributed by atoms with van der Waals surface area (Å²) < 4.78 is 0. The summed E-state index contributed by atoms with van der Waals surface area (Å²) in [5.74, 6) is 1.28.